The van der Waals surface area contributed by atoms with Gasteiger partial charge in [-0.05, 0) is 32.0 Å². The molecule has 0 aliphatic heterocycles. The SMILES string of the molecule is C/C=C(\C)[Si](CC)(Nc1ccccc1)[Si](C(C)C)(C(C)C)C(C)C. The van der Waals surface area contributed by atoms with Gasteiger partial charge in [0.2, 0.25) is 0 Å². The fraction of sp³-hybridized carbons (Fsp3) is 0.619. The van der Waals surface area contributed by atoms with Crippen molar-refractivity contribution in [3.05, 3.63) is 41.6 Å². The van der Waals surface area contributed by atoms with Crippen molar-refractivity contribution in [3.63, 3.8) is 0 Å². The van der Waals surface area contributed by atoms with Crippen LogP contribution < -0.4 is 4.98 Å². The molecule has 1 aromatic carbocycles. The Kier molecular flexibility index (Phi) is 7.54. The van der Waals surface area contributed by atoms with Gasteiger partial charge in [-0.15, -0.1) is 0 Å². The highest BCUT2D eigenvalue weighted by atomic mass is 29.3. The second-order valence-electron chi connectivity index (χ2n) is 8.12. The summed E-state index contributed by atoms with van der Waals surface area (Å²) in [6.07, 6.45) is 2.40. The molecule has 0 aliphatic carbocycles. The zero-order valence-electron chi connectivity index (χ0n) is 17.4. The van der Waals surface area contributed by atoms with Crippen LogP contribution in [0.3, 0.4) is 0 Å². The number of benzene rings is 1. The summed E-state index contributed by atoms with van der Waals surface area (Å²) < 4.78 is 0. The molecule has 1 atom stereocenters. The summed E-state index contributed by atoms with van der Waals surface area (Å²) in [6, 6.07) is 12.2. The van der Waals surface area contributed by atoms with Crippen molar-refractivity contribution in [1.82, 2.24) is 0 Å². The number of para-hydroxylation sites is 1. The summed E-state index contributed by atoms with van der Waals surface area (Å²) in [4.78, 5) is 4.21. The normalized spacial score (nSPS) is 15.9. The van der Waals surface area contributed by atoms with Gasteiger partial charge in [-0.1, -0.05) is 94.6 Å². The largest absolute Gasteiger partial charge is 0.409 e. The topological polar surface area (TPSA) is 12.0 Å². The Morgan fingerprint density at radius 2 is 1.42 bits per heavy atom. The van der Waals surface area contributed by atoms with Gasteiger partial charge in [-0.25, -0.2) is 0 Å². The maximum Gasteiger partial charge on any atom is 0.168 e. The van der Waals surface area contributed by atoms with E-state index in [2.05, 4.69) is 104 Å². The Labute approximate surface area is 152 Å². The molecule has 0 bridgehead atoms. The molecule has 0 aromatic heterocycles. The second-order valence-corrected chi connectivity index (χ2v) is 22.2. The van der Waals surface area contributed by atoms with Crippen LogP contribution in [0.15, 0.2) is 41.6 Å². The van der Waals surface area contributed by atoms with E-state index in [0.717, 1.165) is 16.6 Å². The summed E-state index contributed by atoms with van der Waals surface area (Å²) in [5.74, 6) is 0. The molecule has 0 amide bonds. The van der Waals surface area contributed by atoms with Crippen LogP contribution in [0.4, 0.5) is 5.69 Å². The minimum absolute atomic E-state index is 0.773. The quantitative estimate of drug-likeness (QED) is 0.478. The Balaban J connectivity index is 3.71. The third-order valence-electron chi connectivity index (χ3n) is 6.37. The minimum atomic E-state index is -1.83. The van der Waals surface area contributed by atoms with Gasteiger partial charge in [-0.2, -0.15) is 0 Å². The Morgan fingerprint density at radius 3 is 1.75 bits per heavy atom. The number of anilines is 1. The van der Waals surface area contributed by atoms with Gasteiger partial charge in [0.1, 0.15) is 0 Å². The van der Waals surface area contributed by atoms with Gasteiger partial charge >= 0.3 is 0 Å². The highest BCUT2D eigenvalue weighted by Gasteiger charge is 2.60. The molecule has 136 valence electrons. The second kappa shape index (κ2) is 8.53. The number of nitrogens with one attached hydrogen (secondary N) is 1. The highest BCUT2D eigenvalue weighted by Crippen LogP contribution is 2.51. The van der Waals surface area contributed by atoms with Crippen LogP contribution in [0.1, 0.15) is 62.3 Å². The first-order valence-corrected chi connectivity index (χ1v) is 15.1. The van der Waals surface area contributed by atoms with Crippen molar-refractivity contribution in [1.29, 1.82) is 0 Å². The summed E-state index contributed by atoms with van der Waals surface area (Å²) in [7, 11) is -3.45. The molecule has 24 heavy (non-hydrogen) atoms. The summed E-state index contributed by atoms with van der Waals surface area (Å²) >= 11 is 0. The van der Waals surface area contributed by atoms with Gasteiger partial charge in [0.25, 0.3) is 0 Å². The third kappa shape index (κ3) is 3.43. The van der Waals surface area contributed by atoms with E-state index in [9.17, 15) is 0 Å². The van der Waals surface area contributed by atoms with E-state index in [1.165, 1.54) is 11.7 Å². The minimum Gasteiger partial charge on any atom is -0.409 e. The Bertz CT molecular complexity index is 512. The lowest BCUT2D eigenvalue weighted by molar-refractivity contribution is 0.839. The molecule has 1 rings (SSSR count). The lowest BCUT2D eigenvalue weighted by Gasteiger charge is -2.56. The van der Waals surface area contributed by atoms with Crippen LogP contribution in [-0.2, 0) is 0 Å². The van der Waals surface area contributed by atoms with Crippen LogP contribution in [0.25, 0.3) is 0 Å². The molecule has 0 aliphatic rings. The van der Waals surface area contributed by atoms with Gasteiger partial charge in [-0.3, -0.25) is 0 Å². The predicted octanol–water partition coefficient (Wildman–Crippen LogP) is 7.33. The van der Waals surface area contributed by atoms with E-state index in [1.807, 2.05) is 0 Å². The van der Waals surface area contributed by atoms with Crippen molar-refractivity contribution < 1.29 is 0 Å². The Morgan fingerprint density at radius 1 is 0.958 bits per heavy atom. The first kappa shape index (κ1) is 21.2. The molecule has 0 saturated heterocycles. The maximum atomic E-state index is 4.21. The molecule has 3 heteroatoms. The van der Waals surface area contributed by atoms with Crippen LogP contribution in [0.2, 0.25) is 22.7 Å². The number of rotatable bonds is 8. The average molecular weight is 362 g/mol. The predicted molar refractivity (Wildman–Crippen MR) is 117 cm³/mol. The summed E-state index contributed by atoms with van der Waals surface area (Å²) in [6.45, 7) is 22.1. The molecule has 0 spiro atoms. The van der Waals surface area contributed by atoms with Gasteiger partial charge in [0.05, 0.1) is 7.59 Å². The van der Waals surface area contributed by atoms with Crippen LogP contribution >= 0.6 is 0 Å². The monoisotopic (exact) mass is 361 g/mol. The van der Waals surface area contributed by atoms with Crippen molar-refractivity contribution in [2.75, 3.05) is 4.98 Å². The first-order chi connectivity index (χ1) is 11.2. The zero-order chi connectivity index (χ0) is 18.5. The Hall–Kier alpha value is -0.806. The fourth-order valence-electron chi connectivity index (χ4n) is 5.71. The molecule has 1 aromatic rings. The standard InChI is InChI=1S/C21H39NSi2/c1-10-20(9)23(11-2,22-21-15-13-12-14-16-21)24(17(3)4,18(5)6)19(7)8/h10,12-19,22H,11H2,1-9H3/b20-10+. The number of hydrogen-bond donors (Lipinski definition) is 1. The molecule has 1 nitrogen and oxygen atoms in total. The molecule has 0 heterocycles. The van der Waals surface area contributed by atoms with E-state index in [0.29, 0.717) is 0 Å². The molecular weight excluding hydrogens is 322 g/mol. The highest BCUT2D eigenvalue weighted by molar-refractivity contribution is 7.47. The van der Waals surface area contributed by atoms with E-state index in [-0.39, 0.29) is 0 Å². The van der Waals surface area contributed by atoms with Crippen LogP contribution in [0.5, 0.6) is 0 Å². The number of hydrogen-bond acceptors (Lipinski definition) is 1. The van der Waals surface area contributed by atoms with Gasteiger partial charge in [0, 0.05) is 5.69 Å². The van der Waals surface area contributed by atoms with Crippen LogP contribution in [0, 0.1) is 0 Å². The van der Waals surface area contributed by atoms with E-state index < -0.39 is 15.3 Å². The van der Waals surface area contributed by atoms with Crippen molar-refractivity contribution in [2.45, 2.75) is 85.0 Å². The number of allylic oxidation sites excluding steroid dienone is 2. The average Bonchev–Trinajstić information content (AvgIpc) is 2.53. The van der Waals surface area contributed by atoms with Crippen LogP contribution in [-0.4, -0.2) is 15.3 Å². The van der Waals surface area contributed by atoms with Crippen molar-refractivity contribution in [2.24, 2.45) is 0 Å². The molecule has 1 unspecified atom stereocenters. The molecular formula is C21H39NSi2. The van der Waals surface area contributed by atoms with E-state index >= 15 is 0 Å². The maximum absolute atomic E-state index is 4.21. The zero-order valence-corrected chi connectivity index (χ0v) is 19.4. The fourth-order valence-corrected chi connectivity index (χ4v) is 30.5. The van der Waals surface area contributed by atoms with Gasteiger partial charge in [0.15, 0.2) is 7.75 Å². The lowest BCUT2D eigenvalue weighted by Crippen LogP contribution is -2.73. The smallest absolute Gasteiger partial charge is 0.168 e. The van der Waals surface area contributed by atoms with Crippen molar-refractivity contribution >= 4 is 21.0 Å². The van der Waals surface area contributed by atoms with Crippen molar-refractivity contribution in [3.8, 4) is 0 Å². The lowest BCUT2D eigenvalue weighted by atomic mass is 10.3. The van der Waals surface area contributed by atoms with E-state index in [1.54, 1.807) is 5.20 Å². The molecule has 0 radical (unpaired) electrons. The van der Waals surface area contributed by atoms with E-state index in [4.69, 9.17) is 0 Å². The first-order valence-electron chi connectivity index (χ1n) is 9.67. The summed E-state index contributed by atoms with van der Waals surface area (Å²) in [5, 5.41) is 1.65. The molecule has 0 saturated carbocycles. The summed E-state index contributed by atoms with van der Waals surface area (Å²) in [5.41, 5.74) is 3.63. The molecule has 1 N–H and O–H groups in total. The third-order valence-corrected chi connectivity index (χ3v) is 29.2. The van der Waals surface area contributed by atoms with Gasteiger partial charge < -0.3 is 4.98 Å². The molecule has 0 fully saturated rings.